The molecule has 156 valence electrons. The second-order valence-corrected chi connectivity index (χ2v) is 6.98. The summed E-state index contributed by atoms with van der Waals surface area (Å²) in [6.45, 7) is 11.8. The number of halogens is 2. The molecule has 3 heterocycles. The van der Waals surface area contributed by atoms with E-state index < -0.39 is 6.43 Å². The van der Waals surface area contributed by atoms with Crippen molar-refractivity contribution in [3.05, 3.63) is 70.8 Å². The molecule has 0 aliphatic carbocycles. The van der Waals surface area contributed by atoms with Crippen LogP contribution >= 0.6 is 0 Å². The Morgan fingerprint density at radius 3 is 2.40 bits per heavy atom. The van der Waals surface area contributed by atoms with Crippen LogP contribution in [-0.4, -0.2) is 30.2 Å². The van der Waals surface area contributed by atoms with Crippen LogP contribution in [-0.2, 0) is 6.61 Å². The molecule has 0 unspecified atom stereocenters. The molecular formula is C21H22F2N6O. The number of aryl methyl sites for hydroxylation is 1. The first-order chi connectivity index (χ1) is 14.3. The number of allylic oxidation sites excluding steroid dienone is 3. The van der Waals surface area contributed by atoms with Crippen LogP contribution in [0.2, 0.25) is 0 Å². The van der Waals surface area contributed by atoms with Crippen molar-refractivity contribution >= 4 is 5.57 Å². The number of pyridine rings is 1. The van der Waals surface area contributed by atoms with Crippen LogP contribution in [0.15, 0.2) is 48.2 Å². The summed E-state index contributed by atoms with van der Waals surface area (Å²) in [5.74, 6) is 0.705. The lowest BCUT2D eigenvalue weighted by Crippen LogP contribution is -2.09. The Labute approximate surface area is 173 Å². The number of ether oxygens (including phenoxy) is 1. The average Bonchev–Trinajstić information content (AvgIpc) is 3.07. The van der Waals surface area contributed by atoms with Gasteiger partial charge in [-0.05, 0) is 51.5 Å². The molecule has 0 saturated heterocycles. The maximum atomic E-state index is 12.7. The molecule has 0 radical (unpaired) electrons. The number of hydrogen-bond acceptors (Lipinski definition) is 6. The first kappa shape index (κ1) is 21.2. The lowest BCUT2D eigenvalue weighted by molar-refractivity contribution is 0.151. The Morgan fingerprint density at radius 1 is 1.10 bits per heavy atom. The minimum absolute atomic E-state index is 0.112. The summed E-state index contributed by atoms with van der Waals surface area (Å²) in [6, 6.07) is 6.33. The van der Waals surface area contributed by atoms with Crippen molar-refractivity contribution < 1.29 is 13.5 Å². The Balaban J connectivity index is 1.78. The Hall–Kier alpha value is -3.49. The zero-order chi connectivity index (χ0) is 21.8. The Bertz CT molecular complexity index is 1070. The van der Waals surface area contributed by atoms with Gasteiger partial charge >= 0.3 is 0 Å². The zero-order valence-electron chi connectivity index (χ0n) is 17.2. The summed E-state index contributed by atoms with van der Waals surface area (Å²) in [7, 11) is 0. The molecule has 0 aliphatic rings. The van der Waals surface area contributed by atoms with Gasteiger partial charge in [-0.3, -0.25) is 0 Å². The topological polar surface area (TPSA) is 78.6 Å². The number of alkyl halides is 2. The van der Waals surface area contributed by atoms with Crippen LogP contribution in [0.3, 0.4) is 0 Å². The van der Waals surface area contributed by atoms with E-state index in [0.29, 0.717) is 23.1 Å². The summed E-state index contributed by atoms with van der Waals surface area (Å²) < 4.78 is 32.7. The standard InChI is InChI=1S/C21H22F2N6O/c1-12(2)20(13(3)4)16-7-9-19(27-26-16)30-11-17-14(5)25-28-29(17)18-8-6-15(10-24-18)21(22)23/h6-10,21H,1,11H2,2-5H3. The van der Waals surface area contributed by atoms with Gasteiger partial charge in [0.2, 0.25) is 5.88 Å². The minimum Gasteiger partial charge on any atom is -0.470 e. The number of aromatic nitrogens is 6. The number of rotatable bonds is 7. The monoisotopic (exact) mass is 412 g/mol. The Morgan fingerprint density at radius 2 is 1.87 bits per heavy atom. The molecule has 0 aromatic carbocycles. The number of hydrogen-bond donors (Lipinski definition) is 0. The SMILES string of the molecule is C=C(C)C(=C(C)C)c1ccc(OCc2c(C)nnn2-c2ccc(C(F)F)cn2)nn1. The molecule has 30 heavy (non-hydrogen) atoms. The second kappa shape index (κ2) is 8.89. The smallest absolute Gasteiger partial charge is 0.265 e. The average molecular weight is 412 g/mol. The van der Waals surface area contributed by atoms with E-state index in [4.69, 9.17) is 4.74 Å². The molecule has 0 aliphatic heterocycles. The molecule has 3 rings (SSSR count). The van der Waals surface area contributed by atoms with E-state index in [-0.39, 0.29) is 12.2 Å². The molecule has 0 N–H and O–H groups in total. The van der Waals surface area contributed by atoms with Crippen molar-refractivity contribution in [3.8, 4) is 11.7 Å². The van der Waals surface area contributed by atoms with Crippen LogP contribution in [0.1, 0.15) is 49.8 Å². The quantitative estimate of drug-likeness (QED) is 0.526. The highest BCUT2D eigenvalue weighted by Gasteiger charge is 2.15. The van der Waals surface area contributed by atoms with E-state index in [9.17, 15) is 8.78 Å². The van der Waals surface area contributed by atoms with Crippen molar-refractivity contribution in [3.63, 3.8) is 0 Å². The fourth-order valence-corrected chi connectivity index (χ4v) is 2.95. The van der Waals surface area contributed by atoms with Gasteiger partial charge < -0.3 is 4.74 Å². The van der Waals surface area contributed by atoms with Crippen LogP contribution < -0.4 is 4.74 Å². The van der Waals surface area contributed by atoms with Gasteiger partial charge in [-0.2, -0.15) is 4.68 Å². The Kier molecular flexibility index (Phi) is 6.29. The summed E-state index contributed by atoms with van der Waals surface area (Å²) in [4.78, 5) is 4.05. The molecule has 0 saturated carbocycles. The summed E-state index contributed by atoms with van der Waals surface area (Å²) >= 11 is 0. The lowest BCUT2D eigenvalue weighted by atomic mass is 10.0. The van der Waals surface area contributed by atoms with Gasteiger partial charge in [0, 0.05) is 23.4 Å². The predicted molar refractivity (Wildman–Crippen MR) is 108 cm³/mol. The molecule has 0 fully saturated rings. The molecular weight excluding hydrogens is 390 g/mol. The minimum atomic E-state index is -2.58. The lowest BCUT2D eigenvalue weighted by Gasteiger charge is -2.10. The van der Waals surface area contributed by atoms with Gasteiger partial charge in [0.15, 0.2) is 5.82 Å². The van der Waals surface area contributed by atoms with Gasteiger partial charge in [-0.15, -0.1) is 15.3 Å². The maximum Gasteiger partial charge on any atom is 0.265 e. The molecule has 3 aromatic rings. The fourth-order valence-electron chi connectivity index (χ4n) is 2.95. The molecule has 7 nitrogen and oxygen atoms in total. The van der Waals surface area contributed by atoms with Crippen LogP contribution in [0.4, 0.5) is 8.78 Å². The summed E-state index contributed by atoms with van der Waals surface area (Å²) in [6.07, 6.45) is -1.46. The van der Waals surface area contributed by atoms with E-state index in [0.717, 1.165) is 28.6 Å². The van der Waals surface area contributed by atoms with Gasteiger partial charge in [-0.1, -0.05) is 17.4 Å². The third kappa shape index (κ3) is 4.56. The van der Waals surface area contributed by atoms with E-state index in [1.54, 1.807) is 13.0 Å². The molecule has 9 heteroatoms. The normalized spacial score (nSPS) is 10.9. The van der Waals surface area contributed by atoms with Crippen molar-refractivity contribution in [2.24, 2.45) is 0 Å². The predicted octanol–water partition coefficient (Wildman–Crippen LogP) is 4.65. The van der Waals surface area contributed by atoms with Gasteiger partial charge in [0.25, 0.3) is 6.43 Å². The van der Waals surface area contributed by atoms with Gasteiger partial charge in [0.05, 0.1) is 11.4 Å². The van der Waals surface area contributed by atoms with E-state index in [1.807, 2.05) is 26.8 Å². The summed E-state index contributed by atoms with van der Waals surface area (Å²) in [5, 5.41) is 16.4. The number of nitrogens with zero attached hydrogens (tertiary/aromatic N) is 6. The largest absolute Gasteiger partial charge is 0.470 e. The molecule has 0 amide bonds. The highest BCUT2D eigenvalue weighted by atomic mass is 19.3. The highest BCUT2D eigenvalue weighted by molar-refractivity contribution is 5.77. The molecule has 3 aromatic heterocycles. The van der Waals surface area contributed by atoms with Crippen molar-refractivity contribution in [1.82, 2.24) is 30.2 Å². The van der Waals surface area contributed by atoms with Crippen molar-refractivity contribution in [2.75, 3.05) is 0 Å². The maximum absolute atomic E-state index is 12.7. The van der Waals surface area contributed by atoms with E-state index in [1.165, 1.54) is 16.8 Å². The summed E-state index contributed by atoms with van der Waals surface area (Å²) in [5.41, 5.74) is 4.80. The van der Waals surface area contributed by atoms with Crippen LogP contribution in [0, 0.1) is 6.92 Å². The zero-order valence-corrected chi connectivity index (χ0v) is 17.2. The fraction of sp³-hybridized carbons (Fsp3) is 0.286. The molecule has 0 atom stereocenters. The van der Waals surface area contributed by atoms with E-state index in [2.05, 4.69) is 32.1 Å². The second-order valence-electron chi connectivity index (χ2n) is 6.98. The first-order valence-corrected chi connectivity index (χ1v) is 9.23. The van der Waals surface area contributed by atoms with Crippen molar-refractivity contribution in [2.45, 2.75) is 40.7 Å². The van der Waals surface area contributed by atoms with Crippen molar-refractivity contribution in [1.29, 1.82) is 0 Å². The third-order valence-corrected chi connectivity index (χ3v) is 4.38. The van der Waals surface area contributed by atoms with Crippen LogP contribution in [0.5, 0.6) is 5.88 Å². The molecule has 0 spiro atoms. The van der Waals surface area contributed by atoms with Crippen LogP contribution in [0.25, 0.3) is 11.4 Å². The highest BCUT2D eigenvalue weighted by Crippen LogP contribution is 2.24. The van der Waals surface area contributed by atoms with Gasteiger partial charge in [-0.25, -0.2) is 13.8 Å². The van der Waals surface area contributed by atoms with Gasteiger partial charge in [0.1, 0.15) is 12.3 Å². The van der Waals surface area contributed by atoms with E-state index >= 15 is 0 Å². The molecule has 0 bridgehead atoms. The third-order valence-electron chi connectivity index (χ3n) is 4.38. The first-order valence-electron chi connectivity index (χ1n) is 9.23.